The fourth-order valence-corrected chi connectivity index (χ4v) is 2.95. The Bertz CT molecular complexity index is 218. The molecule has 0 aromatic heterocycles. The van der Waals surface area contributed by atoms with Gasteiger partial charge in [0.15, 0.2) is 0 Å². The Labute approximate surface area is 112 Å². The summed E-state index contributed by atoms with van der Waals surface area (Å²) in [4.78, 5) is 7.57. The first-order valence-corrected chi connectivity index (χ1v) is 7.64. The molecule has 0 spiro atoms. The van der Waals surface area contributed by atoms with Crippen molar-refractivity contribution in [2.45, 2.75) is 25.8 Å². The van der Waals surface area contributed by atoms with Gasteiger partial charge in [-0.05, 0) is 39.5 Å². The van der Waals surface area contributed by atoms with Gasteiger partial charge in [0.1, 0.15) is 0 Å². The fourth-order valence-electron chi connectivity index (χ4n) is 2.95. The van der Waals surface area contributed by atoms with E-state index in [9.17, 15) is 0 Å². The van der Waals surface area contributed by atoms with Gasteiger partial charge in [-0.1, -0.05) is 6.92 Å². The molecular formula is C14H30N4. The van der Waals surface area contributed by atoms with E-state index in [1.165, 1.54) is 71.7 Å². The van der Waals surface area contributed by atoms with Crippen molar-refractivity contribution < 1.29 is 0 Å². The van der Waals surface area contributed by atoms with Crippen molar-refractivity contribution in [3.63, 3.8) is 0 Å². The molecule has 0 unspecified atom stereocenters. The molecule has 0 atom stereocenters. The molecule has 1 N–H and O–H groups in total. The van der Waals surface area contributed by atoms with Crippen molar-refractivity contribution in [3.05, 3.63) is 0 Å². The van der Waals surface area contributed by atoms with Gasteiger partial charge in [-0.25, -0.2) is 0 Å². The summed E-state index contributed by atoms with van der Waals surface area (Å²) in [6, 6.07) is 0.764. The molecule has 2 saturated heterocycles. The van der Waals surface area contributed by atoms with Gasteiger partial charge in [0.2, 0.25) is 0 Å². The summed E-state index contributed by atoms with van der Waals surface area (Å²) < 4.78 is 0. The van der Waals surface area contributed by atoms with Crippen LogP contribution in [0.15, 0.2) is 0 Å². The topological polar surface area (TPSA) is 21.8 Å². The molecule has 0 amide bonds. The van der Waals surface area contributed by atoms with Gasteiger partial charge < -0.3 is 15.1 Å². The quantitative estimate of drug-likeness (QED) is 0.762. The lowest BCUT2D eigenvalue weighted by molar-refractivity contribution is 0.149. The lowest BCUT2D eigenvalue weighted by atomic mass is 10.1. The molecule has 0 bridgehead atoms. The lowest BCUT2D eigenvalue weighted by Crippen LogP contribution is -2.48. The van der Waals surface area contributed by atoms with E-state index in [-0.39, 0.29) is 0 Å². The van der Waals surface area contributed by atoms with Crippen LogP contribution < -0.4 is 5.32 Å². The van der Waals surface area contributed by atoms with E-state index in [2.05, 4.69) is 34.0 Å². The van der Waals surface area contributed by atoms with Crippen LogP contribution in [-0.2, 0) is 0 Å². The van der Waals surface area contributed by atoms with Crippen LogP contribution in [-0.4, -0.2) is 86.7 Å². The van der Waals surface area contributed by atoms with Crippen molar-refractivity contribution in [2.75, 3.05) is 66.0 Å². The average molecular weight is 254 g/mol. The number of piperazine rings is 1. The molecule has 2 fully saturated rings. The smallest absolute Gasteiger partial charge is 0.0110 e. The van der Waals surface area contributed by atoms with Crippen LogP contribution in [0.3, 0.4) is 0 Å². The molecule has 0 aromatic rings. The molecule has 18 heavy (non-hydrogen) atoms. The summed E-state index contributed by atoms with van der Waals surface area (Å²) in [5.41, 5.74) is 0. The van der Waals surface area contributed by atoms with E-state index in [4.69, 9.17) is 0 Å². The summed E-state index contributed by atoms with van der Waals surface area (Å²) in [5.74, 6) is 0. The van der Waals surface area contributed by atoms with Crippen LogP contribution in [0.2, 0.25) is 0 Å². The van der Waals surface area contributed by atoms with Crippen molar-refractivity contribution >= 4 is 0 Å². The Morgan fingerprint density at radius 1 is 0.944 bits per heavy atom. The Kier molecular flexibility index (Phi) is 5.89. The predicted octanol–water partition coefficient (Wildman–Crippen LogP) is 0.308. The molecule has 0 aromatic carbocycles. The first kappa shape index (κ1) is 14.3. The second-order valence-corrected chi connectivity index (χ2v) is 5.81. The summed E-state index contributed by atoms with van der Waals surface area (Å²) in [7, 11) is 2.22. The zero-order chi connectivity index (χ0) is 12.8. The van der Waals surface area contributed by atoms with E-state index >= 15 is 0 Å². The normalized spacial score (nSPS) is 25.7. The Morgan fingerprint density at radius 3 is 2.22 bits per heavy atom. The SMILES string of the molecule is CCN1CCC(NCCN2CCN(C)CC2)CC1. The van der Waals surface area contributed by atoms with Crippen molar-refractivity contribution in [1.82, 2.24) is 20.0 Å². The number of likely N-dealkylation sites (tertiary alicyclic amines) is 1. The van der Waals surface area contributed by atoms with Gasteiger partial charge in [0.25, 0.3) is 0 Å². The van der Waals surface area contributed by atoms with Crippen molar-refractivity contribution in [2.24, 2.45) is 0 Å². The van der Waals surface area contributed by atoms with Crippen molar-refractivity contribution in [1.29, 1.82) is 0 Å². The van der Waals surface area contributed by atoms with Crippen LogP contribution in [0.25, 0.3) is 0 Å². The van der Waals surface area contributed by atoms with E-state index in [0.29, 0.717) is 0 Å². The molecule has 4 nitrogen and oxygen atoms in total. The highest BCUT2D eigenvalue weighted by atomic mass is 15.2. The van der Waals surface area contributed by atoms with Gasteiger partial charge in [0.05, 0.1) is 0 Å². The van der Waals surface area contributed by atoms with Gasteiger partial charge in [-0.2, -0.15) is 0 Å². The Balaban J connectivity index is 1.53. The van der Waals surface area contributed by atoms with E-state index in [0.717, 1.165) is 6.04 Å². The molecule has 0 radical (unpaired) electrons. The highest BCUT2D eigenvalue weighted by Gasteiger charge is 2.18. The van der Waals surface area contributed by atoms with Crippen LogP contribution in [0.1, 0.15) is 19.8 Å². The third kappa shape index (κ3) is 4.50. The first-order valence-electron chi connectivity index (χ1n) is 7.64. The zero-order valence-electron chi connectivity index (χ0n) is 12.2. The molecule has 2 heterocycles. The summed E-state index contributed by atoms with van der Waals surface area (Å²) >= 11 is 0. The standard InChI is InChI=1S/C14H30N4/c1-3-17-7-4-14(5-8-17)15-6-9-18-12-10-16(2)11-13-18/h14-15H,3-13H2,1-2H3. The number of nitrogens with zero attached hydrogens (tertiary/aromatic N) is 3. The minimum absolute atomic E-state index is 0.764. The van der Waals surface area contributed by atoms with Gasteiger partial charge in [-0.15, -0.1) is 0 Å². The monoisotopic (exact) mass is 254 g/mol. The number of hydrogen-bond acceptors (Lipinski definition) is 4. The maximum atomic E-state index is 3.74. The van der Waals surface area contributed by atoms with Gasteiger partial charge in [0, 0.05) is 45.3 Å². The number of likely N-dealkylation sites (N-methyl/N-ethyl adjacent to an activating group) is 1. The molecule has 2 aliphatic heterocycles. The summed E-state index contributed by atoms with van der Waals surface area (Å²) in [6.07, 6.45) is 2.66. The minimum atomic E-state index is 0.764. The van der Waals surface area contributed by atoms with E-state index in [1.807, 2.05) is 0 Å². The molecule has 0 saturated carbocycles. The van der Waals surface area contributed by atoms with Crippen LogP contribution >= 0.6 is 0 Å². The molecule has 4 heteroatoms. The molecular weight excluding hydrogens is 224 g/mol. The average Bonchev–Trinajstić information content (AvgIpc) is 2.42. The van der Waals surface area contributed by atoms with Crippen molar-refractivity contribution in [3.8, 4) is 0 Å². The molecule has 0 aliphatic carbocycles. The number of nitrogens with one attached hydrogen (secondary N) is 1. The molecule has 2 rings (SSSR count). The Morgan fingerprint density at radius 2 is 1.61 bits per heavy atom. The number of rotatable bonds is 5. The maximum absolute atomic E-state index is 3.74. The zero-order valence-corrected chi connectivity index (χ0v) is 12.2. The highest BCUT2D eigenvalue weighted by Crippen LogP contribution is 2.09. The predicted molar refractivity (Wildman–Crippen MR) is 77.1 cm³/mol. The van der Waals surface area contributed by atoms with E-state index in [1.54, 1.807) is 0 Å². The second kappa shape index (κ2) is 7.43. The fraction of sp³-hybridized carbons (Fsp3) is 1.00. The third-order valence-corrected chi connectivity index (χ3v) is 4.49. The largest absolute Gasteiger partial charge is 0.313 e. The summed E-state index contributed by atoms with van der Waals surface area (Å²) in [5, 5.41) is 3.74. The first-order chi connectivity index (χ1) is 8.78. The van der Waals surface area contributed by atoms with Gasteiger partial charge in [-0.3, -0.25) is 4.90 Å². The van der Waals surface area contributed by atoms with Gasteiger partial charge >= 0.3 is 0 Å². The minimum Gasteiger partial charge on any atom is -0.313 e. The molecule has 106 valence electrons. The van der Waals surface area contributed by atoms with Crippen LogP contribution in [0, 0.1) is 0 Å². The third-order valence-electron chi connectivity index (χ3n) is 4.49. The highest BCUT2D eigenvalue weighted by molar-refractivity contribution is 4.77. The molecule has 2 aliphatic rings. The van der Waals surface area contributed by atoms with Crippen LogP contribution in [0.4, 0.5) is 0 Å². The Hall–Kier alpha value is -0.160. The number of hydrogen-bond donors (Lipinski definition) is 1. The lowest BCUT2D eigenvalue weighted by Gasteiger charge is -2.34. The van der Waals surface area contributed by atoms with Crippen LogP contribution in [0.5, 0.6) is 0 Å². The maximum Gasteiger partial charge on any atom is 0.0110 e. The second-order valence-electron chi connectivity index (χ2n) is 5.81. The number of piperidine rings is 1. The van der Waals surface area contributed by atoms with E-state index < -0.39 is 0 Å². The summed E-state index contributed by atoms with van der Waals surface area (Å²) in [6.45, 7) is 13.4.